The Kier molecular flexibility index (Phi) is 4.44. The van der Waals surface area contributed by atoms with Crippen LogP contribution in [0.4, 0.5) is 5.82 Å². The number of aromatic nitrogens is 2. The lowest BCUT2D eigenvalue weighted by Gasteiger charge is -2.19. The molecule has 0 radical (unpaired) electrons. The summed E-state index contributed by atoms with van der Waals surface area (Å²) in [5.74, 6) is 1.64. The first-order valence-corrected chi connectivity index (χ1v) is 10.0. The Labute approximate surface area is 147 Å². The maximum Gasteiger partial charge on any atom is 0.266 e. The zero-order valence-electron chi connectivity index (χ0n) is 14.3. The Morgan fingerprint density at radius 3 is 3.00 bits per heavy atom. The maximum absolute atomic E-state index is 12.7. The normalized spacial score (nSPS) is 21.0. The third-order valence-electron chi connectivity index (χ3n) is 5.57. The number of fused-ring (bicyclic) bond motifs is 1. The van der Waals surface area contributed by atoms with E-state index in [-0.39, 0.29) is 5.91 Å². The molecule has 5 heteroatoms. The van der Waals surface area contributed by atoms with Crippen LogP contribution in [-0.4, -0.2) is 15.7 Å². The quantitative estimate of drug-likeness (QED) is 0.864. The molecule has 2 aromatic heterocycles. The lowest BCUT2D eigenvalue weighted by molar-refractivity contribution is 0.102. The lowest BCUT2D eigenvalue weighted by Crippen LogP contribution is -2.16. The number of hydrogen-bond donors (Lipinski definition) is 1. The number of rotatable bonds is 4. The van der Waals surface area contributed by atoms with Crippen molar-refractivity contribution < 1.29 is 4.79 Å². The van der Waals surface area contributed by atoms with Gasteiger partial charge in [-0.1, -0.05) is 26.2 Å². The number of carbonyl (C=O) groups excluding carboxylic acids is 1. The molecule has 1 atom stereocenters. The van der Waals surface area contributed by atoms with Crippen LogP contribution in [0.3, 0.4) is 0 Å². The van der Waals surface area contributed by atoms with Crippen molar-refractivity contribution in [3.63, 3.8) is 0 Å². The zero-order valence-corrected chi connectivity index (χ0v) is 15.1. The summed E-state index contributed by atoms with van der Waals surface area (Å²) in [6, 6.07) is 4.47. The maximum atomic E-state index is 12.7. The molecule has 1 amide bonds. The van der Waals surface area contributed by atoms with Crippen molar-refractivity contribution in [2.75, 3.05) is 5.32 Å². The largest absolute Gasteiger partial charge is 0.306 e. The van der Waals surface area contributed by atoms with Crippen LogP contribution in [-0.2, 0) is 12.8 Å². The number of amides is 1. The first-order chi connectivity index (χ1) is 11.7. The molecule has 128 valence electrons. The summed E-state index contributed by atoms with van der Waals surface area (Å²) in [6.45, 7) is 2.26. The molecular weight excluding hydrogens is 318 g/mol. The molecule has 2 aliphatic carbocycles. The van der Waals surface area contributed by atoms with Crippen LogP contribution in [0.1, 0.15) is 71.6 Å². The summed E-state index contributed by atoms with van der Waals surface area (Å²) in [4.78, 5) is 15.0. The predicted molar refractivity (Wildman–Crippen MR) is 97.8 cm³/mol. The molecule has 0 unspecified atom stereocenters. The van der Waals surface area contributed by atoms with E-state index in [0.29, 0.717) is 6.04 Å². The first kappa shape index (κ1) is 15.9. The van der Waals surface area contributed by atoms with E-state index in [1.54, 1.807) is 17.5 Å². The Balaban J connectivity index is 1.49. The van der Waals surface area contributed by atoms with Crippen LogP contribution in [0, 0.1) is 5.92 Å². The third kappa shape index (κ3) is 3.02. The molecule has 0 aliphatic heterocycles. The molecule has 4 rings (SSSR count). The number of anilines is 1. The Morgan fingerprint density at radius 2 is 2.21 bits per heavy atom. The molecule has 1 fully saturated rings. The van der Waals surface area contributed by atoms with Gasteiger partial charge in [0.2, 0.25) is 0 Å². The Bertz CT molecular complexity index is 727. The van der Waals surface area contributed by atoms with Crippen LogP contribution in [0.2, 0.25) is 0 Å². The summed E-state index contributed by atoms with van der Waals surface area (Å²) in [6.07, 6.45) is 11.4. The molecule has 0 aromatic carbocycles. The lowest BCUT2D eigenvalue weighted by atomic mass is 9.87. The van der Waals surface area contributed by atoms with Gasteiger partial charge in [-0.2, -0.15) is 5.10 Å². The smallest absolute Gasteiger partial charge is 0.266 e. The van der Waals surface area contributed by atoms with Crippen molar-refractivity contribution in [3.8, 4) is 0 Å². The molecule has 24 heavy (non-hydrogen) atoms. The van der Waals surface area contributed by atoms with Crippen LogP contribution >= 0.6 is 11.3 Å². The number of hydrogen-bond acceptors (Lipinski definition) is 3. The van der Waals surface area contributed by atoms with Crippen molar-refractivity contribution in [1.82, 2.24) is 9.78 Å². The second-order valence-corrected chi connectivity index (χ2v) is 8.27. The highest BCUT2D eigenvalue weighted by molar-refractivity contribution is 7.14. The highest BCUT2D eigenvalue weighted by Crippen LogP contribution is 2.34. The van der Waals surface area contributed by atoms with E-state index in [9.17, 15) is 4.79 Å². The number of thiophene rings is 1. The van der Waals surface area contributed by atoms with Gasteiger partial charge in [-0.15, -0.1) is 11.3 Å². The van der Waals surface area contributed by atoms with Gasteiger partial charge in [0.25, 0.3) is 5.91 Å². The van der Waals surface area contributed by atoms with E-state index in [1.165, 1.54) is 36.1 Å². The average molecular weight is 343 g/mol. The minimum atomic E-state index is 0.0159. The van der Waals surface area contributed by atoms with Crippen LogP contribution in [0.15, 0.2) is 18.3 Å². The first-order valence-electron chi connectivity index (χ1n) is 9.21. The summed E-state index contributed by atoms with van der Waals surface area (Å²) >= 11 is 1.67. The van der Waals surface area contributed by atoms with Gasteiger partial charge >= 0.3 is 0 Å². The van der Waals surface area contributed by atoms with Crippen LogP contribution in [0.5, 0.6) is 0 Å². The van der Waals surface area contributed by atoms with E-state index < -0.39 is 0 Å². The molecule has 2 aromatic rings. The molecule has 2 aliphatic rings. The average Bonchev–Trinajstić information content (AvgIpc) is 3.33. The fourth-order valence-electron chi connectivity index (χ4n) is 4.09. The van der Waals surface area contributed by atoms with Gasteiger partial charge in [0, 0.05) is 10.9 Å². The van der Waals surface area contributed by atoms with Gasteiger partial charge in [-0.05, 0) is 49.7 Å². The minimum Gasteiger partial charge on any atom is -0.306 e. The van der Waals surface area contributed by atoms with E-state index in [1.807, 2.05) is 10.7 Å². The van der Waals surface area contributed by atoms with E-state index in [2.05, 4.69) is 23.4 Å². The van der Waals surface area contributed by atoms with Crippen molar-refractivity contribution in [2.24, 2.45) is 5.92 Å². The summed E-state index contributed by atoms with van der Waals surface area (Å²) in [5.41, 5.74) is 1.40. The summed E-state index contributed by atoms with van der Waals surface area (Å²) in [7, 11) is 0. The van der Waals surface area contributed by atoms with Crippen molar-refractivity contribution in [1.29, 1.82) is 0 Å². The van der Waals surface area contributed by atoms with Gasteiger partial charge < -0.3 is 5.32 Å². The van der Waals surface area contributed by atoms with Crippen LogP contribution < -0.4 is 5.32 Å². The van der Waals surface area contributed by atoms with Gasteiger partial charge in [-0.25, -0.2) is 4.68 Å². The predicted octanol–water partition coefficient (Wildman–Crippen LogP) is 4.83. The standard InChI is InChI=1S/C19H25N3OS/c1-2-13-7-8-16-14(11-13)12-17(24-16)19(23)21-18-9-10-20-22(18)15-5-3-4-6-15/h9-10,12-13,15H,2-8,11H2,1H3,(H,21,23)/t13-/m1/s1. The van der Waals surface area contributed by atoms with Crippen LogP contribution in [0.25, 0.3) is 0 Å². The van der Waals surface area contributed by atoms with Gasteiger partial charge in [0.05, 0.1) is 17.1 Å². The van der Waals surface area contributed by atoms with Gasteiger partial charge in [0.1, 0.15) is 5.82 Å². The zero-order chi connectivity index (χ0) is 16.5. The number of carbonyl (C=O) groups is 1. The summed E-state index contributed by atoms with van der Waals surface area (Å²) in [5, 5.41) is 7.53. The molecule has 0 bridgehead atoms. The molecule has 0 spiro atoms. The van der Waals surface area contributed by atoms with Crippen molar-refractivity contribution in [3.05, 3.63) is 33.6 Å². The van der Waals surface area contributed by atoms with E-state index >= 15 is 0 Å². The Hall–Kier alpha value is -1.62. The fourth-order valence-corrected chi connectivity index (χ4v) is 5.19. The molecule has 2 heterocycles. The molecule has 1 saturated carbocycles. The molecular formula is C19H25N3OS. The fraction of sp³-hybridized carbons (Fsp3) is 0.579. The molecule has 1 N–H and O–H groups in total. The summed E-state index contributed by atoms with van der Waals surface area (Å²) < 4.78 is 2.01. The highest BCUT2D eigenvalue weighted by atomic mass is 32.1. The van der Waals surface area contributed by atoms with Crippen molar-refractivity contribution >= 4 is 23.1 Å². The second kappa shape index (κ2) is 6.71. The van der Waals surface area contributed by atoms with Gasteiger partial charge in [0.15, 0.2) is 0 Å². The molecule has 0 saturated heterocycles. The topological polar surface area (TPSA) is 46.9 Å². The highest BCUT2D eigenvalue weighted by Gasteiger charge is 2.24. The van der Waals surface area contributed by atoms with Gasteiger partial charge in [-0.3, -0.25) is 4.79 Å². The second-order valence-electron chi connectivity index (χ2n) is 7.13. The number of aryl methyl sites for hydroxylation is 1. The SMILES string of the molecule is CC[C@@H]1CCc2sc(C(=O)Nc3ccnn3C3CCCC3)cc2C1. The number of nitrogens with one attached hydrogen (secondary N) is 1. The third-order valence-corrected chi connectivity index (χ3v) is 6.80. The van der Waals surface area contributed by atoms with Crippen molar-refractivity contribution in [2.45, 2.75) is 64.3 Å². The number of nitrogens with zero attached hydrogens (tertiary/aromatic N) is 2. The minimum absolute atomic E-state index is 0.0159. The molecule has 4 nitrogen and oxygen atoms in total. The Morgan fingerprint density at radius 1 is 1.38 bits per heavy atom. The monoisotopic (exact) mass is 343 g/mol. The van der Waals surface area contributed by atoms with E-state index in [4.69, 9.17) is 0 Å². The van der Waals surface area contributed by atoms with E-state index in [0.717, 1.165) is 42.3 Å².